The minimum atomic E-state index is -1.16. The predicted octanol–water partition coefficient (Wildman–Crippen LogP) is 3.54. The second kappa shape index (κ2) is 6.60. The fourth-order valence-corrected chi connectivity index (χ4v) is 2.53. The van der Waals surface area contributed by atoms with E-state index in [0.717, 1.165) is 4.90 Å². The molecule has 5 nitrogen and oxygen atoms in total. The van der Waals surface area contributed by atoms with E-state index in [1.54, 1.807) is 18.2 Å². The third-order valence-electron chi connectivity index (χ3n) is 2.42. The molecule has 1 aromatic heterocycles. The van der Waals surface area contributed by atoms with Crippen LogP contribution in [0.2, 0.25) is 5.02 Å². The van der Waals surface area contributed by atoms with Crippen molar-refractivity contribution in [1.29, 1.82) is 0 Å². The third kappa shape index (κ3) is 4.21. The van der Waals surface area contributed by atoms with Crippen molar-refractivity contribution in [3.05, 3.63) is 47.1 Å². The predicted molar refractivity (Wildman–Crippen MR) is 81.1 cm³/mol. The standard InChI is InChI=1S/C14H11ClN2O3S/c1-8(18)16-9-2-4-10(5-3-9)21-12-7-6-11(15)13(17-12)14(19)20/h2-7H,1H3,(H,16,18)(H,19,20). The minimum Gasteiger partial charge on any atom is -0.476 e. The Hall–Kier alpha value is -2.05. The van der Waals surface area contributed by atoms with Gasteiger partial charge in [-0.3, -0.25) is 4.79 Å². The maximum atomic E-state index is 11.0. The van der Waals surface area contributed by atoms with E-state index in [9.17, 15) is 9.59 Å². The lowest BCUT2D eigenvalue weighted by Gasteiger charge is -2.05. The zero-order valence-electron chi connectivity index (χ0n) is 11.0. The van der Waals surface area contributed by atoms with Crippen molar-refractivity contribution >= 4 is 40.9 Å². The molecule has 0 radical (unpaired) electrons. The van der Waals surface area contributed by atoms with Crippen LogP contribution in [0.1, 0.15) is 17.4 Å². The Bertz CT molecular complexity index is 689. The van der Waals surface area contributed by atoms with E-state index in [1.807, 2.05) is 12.1 Å². The molecular formula is C14H11ClN2O3S. The first-order valence-corrected chi connectivity index (χ1v) is 7.10. The Morgan fingerprint density at radius 1 is 1.19 bits per heavy atom. The molecule has 0 spiro atoms. The molecule has 1 amide bonds. The molecule has 2 rings (SSSR count). The number of carbonyl (C=O) groups is 2. The number of amides is 1. The summed E-state index contributed by atoms with van der Waals surface area (Å²) < 4.78 is 0. The highest BCUT2D eigenvalue weighted by Gasteiger charge is 2.12. The van der Waals surface area contributed by atoms with Gasteiger partial charge in [0.1, 0.15) is 5.03 Å². The largest absolute Gasteiger partial charge is 0.476 e. The fourth-order valence-electron chi connectivity index (χ4n) is 1.56. The first kappa shape index (κ1) is 15.3. The Labute approximate surface area is 130 Å². The van der Waals surface area contributed by atoms with Gasteiger partial charge in [-0.2, -0.15) is 0 Å². The minimum absolute atomic E-state index is 0.104. The first-order chi connectivity index (χ1) is 9.95. The molecule has 0 aliphatic rings. The molecule has 21 heavy (non-hydrogen) atoms. The lowest BCUT2D eigenvalue weighted by Crippen LogP contribution is -2.05. The van der Waals surface area contributed by atoms with Crippen LogP contribution in [0, 0.1) is 0 Å². The number of anilines is 1. The van der Waals surface area contributed by atoms with Gasteiger partial charge in [-0.05, 0) is 36.4 Å². The number of carboxylic acid groups (broad SMARTS) is 1. The smallest absolute Gasteiger partial charge is 0.356 e. The number of rotatable bonds is 4. The Morgan fingerprint density at radius 3 is 2.43 bits per heavy atom. The van der Waals surface area contributed by atoms with Crippen LogP contribution in [0.3, 0.4) is 0 Å². The number of hydrogen-bond donors (Lipinski definition) is 2. The zero-order chi connectivity index (χ0) is 15.4. The van der Waals surface area contributed by atoms with Gasteiger partial charge >= 0.3 is 5.97 Å². The molecular weight excluding hydrogens is 312 g/mol. The Morgan fingerprint density at radius 2 is 1.86 bits per heavy atom. The summed E-state index contributed by atoms with van der Waals surface area (Å²) in [4.78, 5) is 26.8. The summed E-state index contributed by atoms with van der Waals surface area (Å²) in [6.07, 6.45) is 0. The number of aromatic nitrogens is 1. The van der Waals surface area contributed by atoms with Gasteiger partial charge in [0.15, 0.2) is 5.69 Å². The summed E-state index contributed by atoms with van der Waals surface area (Å²) in [6.45, 7) is 1.44. The van der Waals surface area contributed by atoms with Crippen LogP contribution in [0.15, 0.2) is 46.3 Å². The number of nitrogens with zero attached hydrogens (tertiary/aromatic N) is 1. The summed E-state index contributed by atoms with van der Waals surface area (Å²) in [6, 6.07) is 10.3. The SMILES string of the molecule is CC(=O)Nc1ccc(Sc2ccc(Cl)c(C(=O)O)n2)cc1. The summed E-state index contributed by atoms with van der Waals surface area (Å²) in [5.74, 6) is -1.30. The van der Waals surface area contributed by atoms with Crippen LogP contribution in [0.25, 0.3) is 0 Å². The molecule has 0 aliphatic carbocycles. The van der Waals surface area contributed by atoms with E-state index in [4.69, 9.17) is 16.7 Å². The summed E-state index contributed by atoms with van der Waals surface area (Å²) in [7, 11) is 0. The maximum Gasteiger partial charge on any atom is 0.356 e. The molecule has 2 N–H and O–H groups in total. The van der Waals surface area contributed by atoms with Gasteiger partial charge in [0.25, 0.3) is 0 Å². The highest BCUT2D eigenvalue weighted by atomic mass is 35.5. The number of aromatic carboxylic acids is 1. The van der Waals surface area contributed by atoms with E-state index in [1.165, 1.54) is 24.8 Å². The van der Waals surface area contributed by atoms with Crippen LogP contribution >= 0.6 is 23.4 Å². The summed E-state index contributed by atoms with van der Waals surface area (Å²) in [5.41, 5.74) is 0.527. The molecule has 2 aromatic rings. The lowest BCUT2D eigenvalue weighted by atomic mass is 10.3. The normalized spacial score (nSPS) is 10.2. The van der Waals surface area contributed by atoms with Crippen LogP contribution in [-0.4, -0.2) is 22.0 Å². The van der Waals surface area contributed by atoms with E-state index in [0.29, 0.717) is 10.7 Å². The molecule has 0 bridgehead atoms. The van der Waals surface area contributed by atoms with Gasteiger partial charge in [-0.25, -0.2) is 9.78 Å². The number of benzene rings is 1. The van der Waals surface area contributed by atoms with Gasteiger partial charge in [0.2, 0.25) is 5.91 Å². The number of hydrogen-bond acceptors (Lipinski definition) is 4. The average Bonchev–Trinajstić information content (AvgIpc) is 2.42. The molecule has 1 aromatic carbocycles. The topological polar surface area (TPSA) is 79.3 Å². The molecule has 0 fully saturated rings. The van der Waals surface area contributed by atoms with Gasteiger partial charge in [0, 0.05) is 17.5 Å². The number of nitrogens with one attached hydrogen (secondary N) is 1. The van der Waals surface area contributed by atoms with Crippen LogP contribution in [0.4, 0.5) is 5.69 Å². The highest BCUT2D eigenvalue weighted by molar-refractivity contribution is 7.99. The first-order valence-electron chi connectivity index (χ1n) is 5.91. The van der Waals surface area contributed by atoms with Crippen molar-refractivity contribution in [2.75, 3.05) is 5.32 Å². The Kier molecular flexibility index (Phi) is 4.82. The number of carbonyl (C=O) groups excluding carboxylic acids is 1. The van der Waals surface area contributed by atoms with Crippen LogP contribution in [-0.2, 0) is 4.79 Å². The number of halogens is 1. The zero-order valence-corrected chi connectivity index (χ0v) is 12.5. The second-order valence-electron chi connectivity index (χ2n) is 4.09. The van der Waals surface area contributed by atoms with Crippen molar-refractivity contribution in [3.63, 3.8) is 0 Å². The van der Waals surface area contributed by atoms with Crippen LogP contribution < -0.4 is 5.32 Å². The summed E-state index contributed by atoms with van der Waals surface area (Å²) in [5, 5.41) is 12.3. The van der Waals surface area contributed by atoms with Crippen molar-refractivity contribution in [1.82, 2.24) is 4.98 Å². The fraction of sp³-hybridized carbons (Fsp3) is 0.0714. The van der Waals surface area contributed by atoms with Crippen molar-refractivity contribution in [2.45, 2.75) is 16.8 Å². The quantitative estimate of drug-likeness (QED) is 0.900. The molecule has 0 unspecified atom stereocenters. The monoisotopic (exact) mass is 322 g/mol. The average molecular weight is 323 g/mol. The van der Waals surface area contributed by atoms with Gasteiger partial charge in [-0.1, -0.05) is 23.4 Å². The molecule has 108 valence electrons. The van der Waals surface area contributed by atoms with Gasteiger partial charge in [0.05, 0.1) is 5.02 Å². The van der Waals surface area contributed by atoms with E-state index in [-0.39, 0.29) is 16.6 Å². The van der Waals surface area contributed by atoms with E-state index in [2.05, 4.69) is 10.3 Å². The van der Waals surface area contributed by atoms with E-state index < -0.39 is 5.97 Å². The van der Waals surface area contributed by atoms with Gasteiger partial charge < -0.3 is 10.4 Å². The van der Waals surface area contributed by atoms with Crippen molar-refractivity contribution in [2.24, 2.45) is 0 Å². The molecule has 7 heteroatoms. The molecule has 0 saturated heterocycles. The number of pyridine rings is 1. The molecule has 0 aliphatic heterocycles. The van der Waals surface area contributed by atoms with Crippen LogP contribution in [0.5, 0.6) is 0 Å². The van der Waals surface area contributed by atoms with Crippen molar-refractivity contribution < 1.29 is 14.7 Å². The summed E-state index contributed by atoms with van der Waals surface area (Å²) >= 11 is 7.08. The number of carboxylic acids is 1. The lowest BCUT2D eigenvalue weighted by molar-refractivity contribution is -0.114. The third-order valence-corrected chi connectivity index (χ3v) is 3.67. The molecule has 1 heterocycles. The van der Waals surface area contributed by atoms with E-state index >= 15 is 0 Å². The second-order valence-corrected chi connectivity index (χ2v) is 5.59. The highest BCUT2D eigenvalue weighted by Crippen LogP contribution is 2.28. The maximum absolute atomic E-state index is 11.0. The Balaban J connectivity index is 2.16. The van der Waals surface area contributed by atoms with Gasteiger partial charge in [-0.15, -0.1) is 0 Å². The van der Waals surface area contributed by atoms with Crippen molar-refractivity contribution in [3.8, 4) is 0 Å². The molecule has 0 saturated carbocycles. The molecule has 0 atom stereocenters.